The molecule has 0 spiro atoms. The Labute approximate surface area is 126 Å². The summed E-state index contributed by atoms with van der Waals surface area (Å²) in [7, 11) is 1.74. The molecule has 3 fully saturated rings. The van der Waals surface area contributed by atoms with Crippen molar-refractivity contribution in [2.75, 3.05) is 7.11 Å². The van der Waals surface area contributed by atoms with Crippen LogP contribution in [0.15, 0.2) is 0 Å². The van der Waals surface area contributed by atoms with Gasteiger partial charge in [0.1, 0.15) is 11.6 Å². The first-order valence-electron chi connectivity index (χ1n) is 8.11. The van der Waals surface area contributed by atoms with Gasteiger partial charge in [0.25, 0.3) is 0 Å². The Morgan fingerprint density at radius 2 is 1.90 bits per heavy atom. The van der Waals surface area contributed by atoms with E-state index in [2.05, 4.69) is 5.32 Å². The molecule has 5 nitrogen and oxygen atoms in total. The number of carbonyl (C=O) groups is 2. The summed E-state index contributed by atoms with van der Waals surface area (Å²) in [6.07, 6.45) is 6.29. The first kappa shape index (κ1) is 14.8. The van der Waals surface area contributed by atoms with Gasteiger partial charge in [-0.25, -0.2) is 0 Å². The summed E-state index contributed by atoms with van der Waals surface area (Å²) < 4.78 is 5.50. The zero-order chi connectivity index (χ0) is 15.2. The fourth-order valence-electron chi connectivity index (χ4n) is 3.84. The molecule has 3 rings (SSSR count). The topological polar surface area (TPSA) is 58.6 Å². The summed E-state index contributed by atoms with van der Waals surface area (Å²) in [5.74, 6) is 0.454. The third-order valence-corrected chi connectivity index (χ3v) is 5.17. The van der Waals surface area contributed by atoms with Gasteiger partial charge in [0.2, 0.25) is 11.8 Å². The molecule has 2 saturated carbocycles. The van der Waals surface area contributed by atoms with Gasteiger partial charge in [0.05, 0.1) is 6.10 Å². The fraction of sp³-hybridized carbons (Fsp3) is 0.875. The van der Waals surface area contributed by atoms with Gasteiger partial charge >= 0.3 is 0 Å². The Bertz CT molecular complexity index is 445. The normalized spacial score (nSPS) is 36.5. The molecule has 21 heavy (non-hydrogen) atoms. The van der Waals surface area contributed by atoms with E-state index < -0.39 is 5.54 Å². The van der Waals surface area contributed by atoms with Crippen molar-refractivity contribution in [3.8, 4) is 0 Å². The minimum Gasteiger partial charge on any atom is -0.381 e. The van der Waals surface area contributed by atoms with Crippen LogP contribution in [0.2, 0.25) is 0 Å². The molecule has 0 bridgehead atoms. The van der Waals surface area contributed by atoms with E-state index in [9.17, 15) is 9.59 Å². The third kappa shape index (κ3) is 2.68. The fourth-order valence-corrected chi connectivity index (χ4v) is 3.84. The highest BCUT2D eigenvalue weighted by molar-refractivity contribution is 5.99. The van der Waals surface area contributed by atoms with Crippen LogP contribution >= 0.6 is 0 Å². The third-order valence-electron chi connectivity index (χ3n) is 5.17. The quantitative estimate of drug-likeness (QED) is 0.857. The van der Waals surface area contributed by atoms with Crippen molar-refractivity contribution in [1.82, 2.24) is 10.2 Å². The molecule has 0 aromatic rings. The summed E-state index contributed by atoms with van der Waals surface area (Å²) >= 11 is 0. The zero-order valence-electron chi connectivity index (χ0n) is 13.2. The Balaban J connectivity index is 1.86. The van der Waals surface area contributed by atoms with Gasteiger partial charge in [-0.1, -0.05) is 0 Å². The van der Waals surface area contributed by atoms with Gasteiger partial charge in [0.15, 0.2) is 0 Å². The van der Waals surface area contributed by atoms with Crippen LogP contribution in [-0.4, -0.2) is 47.6 Å². The molecule has 0 aromatic heterocycles. The summed E-state index contributed by atoms with van der Waals surface area (Å²) in [5.41, 5.74) is -0.789. The smallest absolute Gasteiger partial charge is 0.248 e. The summed E-state index contributed by atoms with van der Waals surface area (Å²) in [6.45, 7) is 3.61. The molecule has 5 heteroatoms. The molecule has 0 aromatic carbocycles. The minimum atomic E-state index is -0.789. The van der Waals surface area contributed by atoms with Crippen molar-refractivity contribution in [2.24, 2.45) is 5.92 Å². The molecule has 2 amide bonds. The molecule has 118 valence electrons. The molecule has 1 saturated heterocycles. The van der Waals surface area contributed by atoms with Crippen LogP contribution in [0.25, 0.3) is 0 Å². The Kier molecular flexibility index (Phi) is 3.72. The van der Waals surface area contributed by atoms with E-state index in [1.165, 1.54) is 0 Å². The maximum absolute atomic E-state index is 12.9. The van der Waals surface area contributed by atoms with Gasteiger partial charge in [-0.15, -0.1) is 0 Å². The van der Waals surface area contributed by atoms with Crippen LogP contribution < -0.4 is 5.32 Å². The van der Waals surface area contributed by atoms with Crippen LogP contribution in [0, 0.1) is 5.92 Å². The minimum absolute atomic E-state index is 0.0293. The van der Waals surface area contributed by atoms with Gasteiger partial charge in [0, 0.05) is 13.2 Å². The predicted molar refractivity (Wildman–Crippen MR) is 78.6 cm³/mol. The summed E-state index contributed by atoms with van der Waals surface area (Å²) in [5, 5.41) is 2.91. The standard InChI is InChI=1S/C16H26N2O3/c1-16(2)15(20)18(11-5-4-6-12(9-11)21-3)13(10-7-8-10)14(19)17-16/h10-13H,4-9H2,1-3H3,(H,17,19). The van der Waals surface area contributed by atoms with Crippen LogP contribution in [0.5, 0.6) is 0 Å². The van der Waals surface area contributed by atoms with Crippen molar-refractivity contribution >= 4 is 11.8 Å². The van der Waals surface area contributed by atoms with Crippen LogP contribution in [0.4, 0.5) is 0 Å². The molecular formula is C16H26N2O3. The van der Waals surface area contributed by atoms with E-state index in [-0.39, 0.29) is 30.0 Å². The van der Waals surface area contributed by atoms with E-state index >= 15 is 0 Å². The number of amides is 2. The zero-order valence-corrected chi connectivity index (χ0v) is 13.2. The number of hydrogen-bond donors (Lipinski definition) is 1. The maximum atomic E-state index is 12.9. The number of methoxy groups -OCH3 is 1. The lowest BCUT2D eigenvalue weighted by Crippen LogP contribution is -2.71. The van der Waals surface area contributed by atoms with E-state index in [0.29, 0.717) is 5.92 Å². The highest BCUT2D eigenvalue weighted by atomic mass is 16.5. The van der Waals surface area contributed by atoms with E-state index in [0.717, 1.165) is 38.5 Å². The lowest BCUT2D eigenvalue weighted by atomic mass is 9.86. The van der Waals surface area contributed by atoms with Crippen LogP contribution in [0.3, 0.4) is 0 Å². The van der Waals surface area contributed by atoms with Crippen molar-refractivity contribution < 1.29 is 14.3 Å². The average Bonchev–Trinajstić information content (AvgIpc) is 3.26. The molecule has 1 N–H and O–H groups in total. The molecule has 2 aliphatic carbocycles. The van der Waals surface area contributed by atoms with Crippen molar-refractivity contribution in [3.63, 3.8) is 0 Å². The Hall–Kier alpha value is -1.10. The SMILES string of the molecule is COC1CCCC(N2C(=O)C(C)(C)NC(=O)C2C2CC2)C1. The summed E-state index contributed by atoms with van der Waals surface area (Å²) in [4.78, 5) is 27.3. The number of carbonyl (C=O) groups excluding carboxylic acids is 2. The van der Waals surface area contributed by atoms with Crippen molar-refractivity contribution in [1.29, 1.82) is 0 Å². The van der Waals surface area contributed by atoms with E-state index in [1.54, 1.807) is 21.0 Å². The van der Waals surface area contributed by atoms with Crippen molar-refractivity contribution in [2.45, 2.75) is 76.1 Å². The van der Waals surface area contributed by atoms with Gasteiger partial charge in [-0.05, 0) is 58.3 Å². The van der Waals surface area contributed by atoms with Gasteiger partial charge in [-0.2, -0.15) is 0 Å². The largest absolute Gasteiger partial charge is 0.381 e. The number of piperazine rings is 1. The molecular weight excluding hydrogens is 268 g/mol. The predicted octanol–water partition coefficient (Wildman–Crippen LogP) is 1.46. The average molecular weight is 294 g/mol. The number of nitrogens with one attached hydrogen (secondary N) is 1. The molecule has 0 radical (unpaired) electrons. The van der Waals surface area contributed by atoms with Gasteiger partial charge < -0.3 is 15.0 Å². The number of hydrogen-bond acceptors (Lipinski definition) is 3. The van der Waals surface area contributed by atoms with Crippen molar-refractivity contribution in [3.05, 3.63) is 0 Å². The van der Waals surface area contributed by atoms with Crippen LogP contribution in [-0.2, 0) is 14.3 Å². The number of rotatable bonds is 3. The van der Waals surface area contributed by atoms with Gasteiger partial charge in [-0.3, -0.25) is 9.59 Å². The maximum Gasteiger partial charge on any atom is 0.248 e. The summed E-state index contributed by atoms with van der Waals surface area (Å²) in [6, 6.07) is -0.113. The lowest BCUT2D eigenvalue weighted by Gasteiger charge is -2.48. The molecule has 3 aliphatic rings. The first-order chi connectivity index (χ1) is 9.94. The first-order valence-corrected chi connectivity index (χ1v) is 8.11. The van der Waals surface area contributed by atoms with E-state index in [4.69, 9.17) is 4.74 Å². The second-order valence-electron chi connectivity index (χ2n) is 7.29. The monoisotopic (exact) mass is 294 g/mol. The number of ether oxygens (including phenoxy) is 1. The van der Waals surface area contributed by atoms with Crippen LogP contribution in [0.1, 0.15) is 52.4 Å². The Morgan fingerprint density at radius 1 is 1.19 bits per heavy atom. The molecule has 1 aliphatic heterocycles. The molecule has 3 unspecified atom stereocenters. The second-order valence-corrected chi connectivity index (χ2v) is 7.29. The second kappa shape index (κ2) is 5.27. The Morgan fingerprint density at radius 3 is 2.52 bits per heavy atom. The highest BCUT2D eigenvalue weighted by Gasteiger charge is 2.53. The highest BCUT2D eigenvalue weighted by Crippen LogP contribution is 2.41. The van der Waals surface area contributed by atoms with E-state index in [1.807, 2.05) is 4.90 Å². The number of nitrogens with zero attached hydrogens (tertiary/aromatic N) is 1. The lowest BCUT2D eigenvalue weighted by molar-refractivity contribution is -0.159. The molecule has 3 atom stereocenters. The molecule has 1 heterocycles.